The minimum Gasteiger partial charge on any atom is -0.494 e. The van der Waals surface area contributed by atoms with Gasteiger partial charge in [0.15, 0.2) is 0 Å². The summed E-state index contributed by atoms with van der Waals surface area (Å²) in [5.74, 6) is -0.00754. The van der Waals surface area contributed by atoms with E-state index in [0.717, 1.165) is 5.69 Å². The van der Waals surface area contributed by atoms with Crippen molar-refractivity contribution in [1.82, 2.24) is 4.31 Å². The molecule has 0 bridgehead atoms. The Morgan fingerprint density at radius 1 is 0.971 bits per heavy atom. The number of nitrogens with one attached hydrogen (secondary N) is 1. The number of hydrogen-bond donors (Lipinski definition) is 1. The quantitative estimate of drug-likeness (QED) is 0.550. The molecule has 178 valence electrons. The number of carbonyl (C=O) groups is 1. The number of hydrogen-bond acceptors (Lipinski definition) is 5. The van der Waals surface area contributed by atoms with Crippen LogP contribution < -0.4 is 15.0 Å². The number of piperazine rings is 1. The van der Waals surface area contributed by atoms with Gasteiger partial charge in [-0.05, 0) is 73.7 Å². The highest BCUT2D eigenvalue weighted by Gasteiger charge is 2.29. The molecule has 1 N–H and O–H groups in total. The molecular weight excluding hydrogens is 457 g/mol. The Bertz CT molecular complexity index is 1240. The summed E-state index contributed by atoms with van der Waals surface area (Å²) in [5.41, 5.74) is 1.69. The monoisotopic (exact) mass is 483 g/mol. The molecule has 1 aliphatic rings. The van der Waals surface area contributed by atoms with E-state index in [4.69, 9.17) is 4.74 Å². The topological polar surface area (TPSA) is 78.9 Å². The van der Waals surface area contributed by atoms with Gasteiger partial charge in [-0.3, -0.25) is 4.79 Å². The predicted octanol–water partition coefficient (Wildman–Crippen LogP) is 3.99. The molecule has 9 heteroatoms. The van der Waals surface area contributed by atoms with E-state index in [2.05, 4.69) is 5.32 Å². The van der Waals surface area contributed by atoms with E-state index in [0.29, 0.717) is 44.2 Å². The fourth-order valence-electron chi connectivity index (χ4n) is 3.79. The van der Waals surface area contributed by atoms with Gasteiger partial charge in [0, 0.05) is 43.1 Å². The fourth-order valence-corrected chi connectivity index (χ4v) is 5.26. The summed E-state index contributed by atoms with van der Waals surface area (Å²) < 4.78 is 46.4. The lowest BCUT2D eigenvalue weighted by Crippen LogP contribution is -2.48. The lowest BCUT2D eigenvalue weighted by molar-refractivity contribution is 0.102. The van der Waals surface area contributed by atoms with Gasteiger partial charge in [-0.15, -0.1) is 0 Å². The standard InChI is InChI=1S/C25H26FN3O4S/c1-2-33-23-12-8-21(9-13-23)27-25(30)19-4-3-5-24(18-19)34(31,32)29-16-14-28(15-17-29)22-10-6-20(26)7-11-22/h3-13,18H,2,14-17H2,1H3,(H,27,30). The minimum atomic E-state index is -3.77. The number of carbonyl (C=O) groups excluding carboxylic acids is 1. The van der Waals surface area contributed by atoms with Crippen molar-refractivity contribution in [2.24, 2.45) is 0 Å². The summed E-state index contributed by atoms with van der Waals surface area (Å²) in [6, 6.07) is 19.2. The van der Waals surface area contributed by atoms with E-state index in [1.807, 2.05) is 11.8 Å². The average Bonchev–Trinajstić information content (AvgIpc) is 2.86. The molecule has 0 atom stereocenters. The van der Waals surface area contributed by atoms with Gasteiger partial charge in [0.2, 0.25) is 10.0 Å². The zero-order chi connectivity index (χ0) is 24.1. The van der Waals surface area contributed by atoms with Gasteiger partial charge in [-0.1, -0.05) is 6.07 Å². The summed E-state index contributed by atoms with van der Waals surface area (Å²) in [6.45, 7) is 4.01. The first kappa shape index (κ1) is 23.7. The molecule has 0 spiro atoms. The Morgan fingerprint density at radius 2 is 1.65 bits per heavy atom. The molecule has 0 unspecified atom stereocenters. The summed E-state index contributed by atoms with van der Waals surface area (Å²) in [6.07, 6.45) is 0. The van der Waals surface area contributed by atoms with Crippen LogP contribution in [0.25, 0.3) is 0 Å². The van der Waals surface area contributed by atoms with Crippen LogP contribution in [-0.2, 0) is 10.0 Å². The van der Waals surface area contributed by atoms with Crippen molar-refractivity contribution in [3.05, 3.63) is 84.2 Å². The molecule has 1 heterocycles. The fraction of sp³-hybridized carbons (Fsp3) is 0.240. The third kappa shape index (κ3) is 5.37. The van der Waals surface area contributed by atoms with Crippen molar-refractivity contribution in [3.63, 3.8) is 0 Å². The van der Waals surface area contributed by atoms with Crippen LogP contribution in [-0.4, -0.2) is 51.4 Å². The van der Waals surface area contributed by atoms with E-state index in [-0.39, 0.29) is 16.3 Å². The zero-order valence-corrected chi connectivity index (χ0v) is 19.6. The van der Waals surface area contributed by atoms with E-state index in [9.17, 15) is 17.6 Å². The number of benzene rings is 3. The molecule has 1 aliphatic heterocycles. The van der Waals surface area contributed by atoms with Crippen LogP contribution >= 0.6 is 0 Å². The van der Waals surface area contributed by atoms with Crippen molar-refractivity contribution in [1.29, 1.82) is 0 Å². The maximum Gasteiger partial charge on any atom is 0.255 e. The Balaban J connectivity index is 1.43. The molecule has 4 rings (SSSR count). The lowest BCUT2D eigenvalue weighted by atomic mass is 10.2. The number of halogens is 1. The maximum absolute atomic E-state index is 13.2. The van der Waals surface area contributed by atoms with Crippen LogP contribution in [0, 0.1) is 5.82 Å². The average molecular weight is 484 g/mol. The van der Waals surface area contributed by atoms with Crippen molar-refractivity contribution in [2.45, 2.75) is 11.8 Å². The van der Waals surface area contributed by atoms with Crippen LogP contribution in [0.15, 0.2) is 77.7 Å². The zero-order valence-electron chi connectivity index (χ0n) is 18.8. The number of anilines is 2. The second kappa shape index (κ2) is 10.2. The van der Waals surface area contributed by atoms with Gasteiger partial charge in [0.1, 0.15) is 11.6 Å². The highest BCUT2D eigenvalue weighted by atomic mass is 32.2. The van der Waals surface area contributed by atoms with Gasteiger partial charge in [0.05, 0.1) is 11.5 Å². The highest BCUT2D eigenvalue weighted by Crippen LogP contribution is 2.23. The second-order valence-electron chi connectivity index (χ2n) is 7.81. The van der Waals surface area contributed by atoms with E-state index in [1.54, 1.807) is 48.5 Å². The van der Waals surface area contributed by atoms with Gasteiger partial charge < -0.3 is 15.0 Å². The molecule has 3 aromatic rings. The van der Waals surface area contributed by atoms with Gasteiger partial charge >= 0.3 is 0 Å². The molecular formula is C25H26FN3O4S. The Hall–Kier alpha value is -3.43. The summed E-state index contributed by atoms with van der Waals surface area (Å²) >= 11 is 0. The maximum atomic E-state index is 13.2. The Labute approximate surface area is 198 Å². The van der Waals surface area contributed by atoms with Crippen LogP contribution in [0.3, 0.4) is 0 Å². The first-order valence-corrected chi connectivity index (χ1v) is 12.5. The molecule has 0 aromatic heterocycles. The number of amides is 1. The van der Waals surface area contributed by atoms with E-state index in [1.165, 1.54) is 28.6 Å². The van der Waals surface area contributed by atoms with Crippen LogP contribution in [0.4, 0.5) is 15.8 Å². The molecule has 1 fully saturated rings. The Morgan fingerprint density at radius 3 is 2.29 bits per heavy atom. The van der Waals surface area contributed by atoms with Gasteiger partial charge in [-0.25, -0.2) is 12.8 Å². The summed E-state index contributed by atoms with van der Waals surface area (Å²) in [7, 11) is -3.77. The van der Waals surface area contributed by atoms with Crippen LogP contribution in [0.5, 0.6) is 5.75 Å². The second-order valence-corrected chi connectivity index (χ2v) is 9.74. The normalized spacial score (nSPS) is 14.6. The SMILES string of the molecule is CCOc1ccc(NC(=O)c2cccc(S(=O)(=O)N3CCN(c4ccc(F)cc4)CC3)c2)cc1. The van der Waals surface area contributed by atoms with E-state index >= 15 is 0 Å². The third-order valence-corrected chi connectivity index (χ3v) is 7.48. The van der Waals surface area contributed by atoms with Crippen LogP contribution in [0.2, 0.25) is 0 Å². The summed E-state index contributed by atoms with van der Waals surface area (Å²) in [5, 5.41) is 2.78. The number of nitrogens with zero attached hydrogens (tertiary/aromatic N) is 2. The number of sulfonamides is 1. The molecule has 3 aromatic carbocycles. The van der Waals surface area contributed by atoms with Crippen molar-refractivity contribution >= 4 is 27.3 Å². The van der Waals surface area contributed by atoms with Crippen molar-refractivity contribution in [2.75, 3.05) is 43.0 Å². The molecule has 1 saturated heterocycles. The number of rotatable bonds is 7. The molecule has 7 nitrogen and oxygen atoms in total. The molecule has 0 radical (unpaired) electrons. The predicted molar refractivity (Wildman–Crippen MR) is 129 cm³/mol. The smallest absolute Gasteiger partial charge is 0.255 e. The largest absolute Gasteiger partial charge is 0.494 e. The van der Waals surface area contributed by atoms with Crippen molar-refractivity contribution in [3.8, 4) is 5.75 Å². The van der Waals surface area contributed by atoms with E-state index < -0.39 is 15.9 Å². The first-order chi connectivity index (χ1) is 16.4. The molecule has 0 saturated carbocycles. The van der Waals surface area contributed by atoms with Gasteiger partial charge in [-0.2, -0.15) is 4.31 Å². The number of ether oxygens (including phenoxy) is 1. The highest BCUT2D eigenvalue weighted by molar-refractivity contribution is 7.89. The molecule has 34 heavy (non-hydrogen) atoms. The molecule has 1 amide bonds. The van der Waals surface area contributed by atoms with Crippen molar-refractivity contribution < 1.29 is 22.3 Å². The Kier molecular flexibility index (Phi) is 7.14. The summed E-state index contributed by atoms with van der Waals surface area (Å²) in [4.78, 5) is 14.8. The molecule has 0 aliphatic carbocycles. The van der Waals surface area contributed by atoms with Crippen LogP contribution in [0.1, 0.15) is 17.3 Å². The lowest BCUT2D eigenvalue weighted by Gasteiger charge is -2.35. The van der Waals surface area contributed by atoms with Gasteiger partial charge in [0.25, 0.3) is 5.91 Å². The first-order valence-electron chi connectivity index (χ1n) is 11.0. The minimum absolute atomic E-state index is 0.0714. The third-order valence-electron chi connectivity index (χ3n) is 5.59.